The molecule has 116 valence electrons. The van der Waals surface area contributed by atoms with E-state index in [4.69, 9.17) is 10.5 Å². The summed E-state index contributed by atoms with van der Waals surface area (Å²) in [6, 6.07) is 5.36. The maximum absolute atomic E-state index is 11.5. The quantitative estimate of drug-likeness (QED) is 0.881. The van der Waals surface area contributed by atoms with Gasteiger partial charge in [-0.15, -0.1) is 0 Å². The molecule has 0 radical (unpaired) electrons. The normalized spacial score (nSPS) is 15.8. The monoisotopic (exact) mass is 301 g/mol. The third-order valence-corrected chi connectivity index (χ3v) is 3.75. The highest BCUT2D eigenvalue weighted by molar-refractivity contribution is 5.41. The van der Waals surface area contributed by atoms with Crippen LogP contribution in [-0.4, -0.2) is 34.1 Å². The molecule has 0 aromatic carbocycles. The van der Waals surface area contributed by atoms with E-state index < -0.39 is 0 Å². The zero-order valence-electron chi connectivity index (χ0n) is 12.5. The number of aromatic amines is 1. The zero-order valence-corrected chi connectivity index (χ0v) is 12.5. The number of hydrogen-bond donors (Lipinski definition) is 2. The first-order valence-electron chi connectivity index (χ1n) is 7.32. The van der Waals surface area contributed by atoms with Crippen molar-refractivity contribution in [3.05, 3.63) is 40.3 Å². The third-order valence-electron chi connectivity index (χ3n) is 3.75. The third kappa shape index (κ3) is 3.19. The molecular weight excluding hydrogens is 282 g/mol. The largest absolute Gasteiger partial charge is 0.474 e. The van der Waals surface area contributed by atoms with Crippen molar-refractivity contribution in [1.29, 1.82) is 0 Å². The van der Waals surface area contributed by atoms with E-state index >= 15 is 0 Å². The van der Waals surface area contributed by atoms with Crippen LogP contribution in [0.15, 0.2) is 29.2 Å². The van der Waals surface area contributed by atoms with Gasteiger partial charge in [-0.25, -0.2) is 4.98 Å². The summed E-state index contributed by atoms with van der Waals surface area (Å²) in [4.78, 5) is 24.4. The minimum Gasteiger partial charge on any atom is -0.474 e. The number of piperidine rings is 1. The van der Waals surface area contributed by atoms with E-state index in [-0.39, 0.29) is 17.6 Å². The Morgan fingerprint density at radius 1 is 1.41 bits per heavy atom. The van der Waals surface area contributed by atoms with Gasteiger partial charge in [0, 0.05) is 43.8 Å². The van der Waals surface area contributed by atoms with Gasteiger partial charge in [0.2, 0.25) is 11.8 Å². The van der Waals surface area contributed by atoms with Crippen LogP contribution >= 0.6 is 0 Å². The van der Waals surface area contributed by atoms with Crippen LogP contribution in [0, 0.1) is 6.92 Å². The molecule has 0 spiro atoms. The van der Waals surface area contributed by atoms with Crippen molar-refractivity contribution in [3.8, 4) is 5.88 Å². The molecule has 22 heavy (non-hydrogen) atoms. The lowest BCUT2D eigenvalue weighted by Gasteiger charge is -2.32. The number of nitrogens with two attached hydrogens (primary N) is 1. The van der Waals surface area contributed by atoms with Gasteiger partial charge >= 0.3 is 0 Å². The summed E-state index contributed by atoms with van der Waals surface area (Å²) in [5.41, 5.74) is 6.39. The molecule has 0 bridgehead atoms. The molecule has 0 unspecified atom stereocenters. The Balaban J connectivity index is 1.63. The Labute approximate surface area is 128 Å². The fraction of sp³-hybridized carbons (Fsp3) is 0.400. The number of nitrogens with zero attached hydrogens (tertiary/aromatic N) is 3. The number of aryl methyl sites for hydroxylation is 1. The molecule has 3 heterocycles. The first-order valence-corrected chi connectivity index (χ1v) is 7.32. The number of pyridine rings is 1. The Hall–Kier alpha value is -2.57. The second kappa shape index (κ2) is 6.05. The second-order valence-electron chi connectivity index (χ2n) is 5.42. The summed E-state index contributed by atoms with van der Waals surface area (Å²) in [6.45, 7) is 3.53. The number of ether oxygens (including phenoxy) is 1. The molecular formula is C15H19N5O2. The average Bonchev–Trinajstić information content (AvgIpc) is 2.49. The number of anilines is 2. The van der Waals surface area contributed by atoms with Crippen LogP contribution in [0.2, 0.25) is 0 Å². The maximum atomic E-state index is 11.5. The van der Waals surface area contributed by atoms with Gasteiger partial charge in [0.25, 0.3) is 5.56 Å². The fourth-order valence-corrected chi connectivity index (χ4v) is 2.58. The minimum absolute atomic E-state index is 0.129. The average molecular weight is 301 g/mol. The molecule has 7 heteroatoms. The van der Waals surface area contributed by atoms with Crippen molar-refractivity contribution in [2.75, 3.05) is 23.7 Å². The van der Waals surface area contributed by atoms with Gasteiger partial charge < -0.3 is 15.4 Å². The van der Waals surface area contributed by atoms with Crippen molar-refractivity contribution < 1.29 is 4.74 Å². The minimum atomic E-state index is -0.231. The number of rotatable bonds is 3. The summed E-state index contributed by atoms with van der Waals surface area (Å²) < 4.78 is 5.97. The van der Waals surface area contributed by atoms with E-state index in [2.05, 4.69) is 19.9 Å². The molecule has 7 nitrogen and oxygen atoms in total. The van der Waals surface area contributed by atoms with Crippen LogP contribution in [0.4, 0.5) is 11.8 Å². The van der Waals surface area contributed by atoms with Gasteiger partial charge in [-0.3, -0.25) is 9.78 Å². The van der Waals surface area contributed by atoms with E-state index in [1.807, 2.05) is 19.1 Å². The molecule has 3 rings (SSSR count). The standard InChI is InChI=1S/C15H19N5O2/c1-10-3-2-6-17-14(10)22-11-4-7-20(8-5-11)12-9-13(21)19-15(16)18-12/h2-3,6,9,11H,4-5,7-8H2,1H3,(H3,16,18,19,21). The first-order chi connectivity index (χ1) is 10.6. The van der Waals surface area contributed by atoms with Crippen LogP contribution in [0.3, 0.4) is 0 Å². The predicted octanol–water partition coefficient (Wildman–Crippen LogP) is 1.10. The molecule has 2 aromatic rings. The number of H-pyrrole nitrogens is 1. The molecule has 0 aliphatic carbocycles. The molecule has 2 aromatic heterocycles. The van der Waals surface area contributed by atoms with E-state index in [9.17, 15) is 4.79 Å². The molecule has 0 atom stereocenters. The van der Waals surface area contributed by atoms with Crippen LogP contribution < -0.4 is 20.9 Å². The molecule has 0 amide bonds. The number of nitrogen functional groups attached to an aromatic ring is 1. The molecule has 0 saturated carbocycles. The highest BCUT2D eigenvalue weighted by atomic mass is 16.5. The van der Waals surface area contributed by atoms with E-state index in [1.165, 1.54) is 6.07 Å². The lowest BCUT2D eigenvalue weighted by atomic mass is 10.1. The van der Waals surface area contributed by atoms with Gasteiger partial charge in [-0.2, -0.15) is 4.98 Å². The molecule has 1 saturated heterocycles. The Morgan fingerprint density at radius 3 is 2.86 bits per heavy atom. The van der Waals surface area contributed by atoms with Crippen molar-refractivity contribution in [1.82, 2.24) is 15.0 Å². The summed E-state index contributed by atoms with van der Waals surface area (Å²) >= 11 is 0. The van der Waals surface area contributed by atoms with Crippen molar-refractivity contribution in [2.24, 2.45) is 0 Å². The van der Waals surface area contributed by atoms with E-state index in [1.54, 1.807) is 6.20 Å². The number of hydrogen-bond acceptors (Lipinski definition) is 6. The van der Waals surface area contributed by atoms with Crippen LogP contribution in [0.1, 0.15) is 18.4 Å². The second-order valence-corrected chi connectivity index (χ2v) is 5.42. The van der Waals surface area contributed by atoms with Gasteiger partial charge in [0.1, 0.15) is 11.9 Å². The smallest absolute Gasteiger partial charge is 0.254 e. The maximum Gasteiger partial charge on any atom is 0.254 e. The Bertz CT molecular complexity index is 707. The summed E-state index contributed by atoms with van der Waals surface area (Å²) in [6.07, 6.45) is 3.57. The van der Waals surface area contributed by atoms with Gasteiger partial charge in [-0.05, 0) is 13.0 Å². The van der Waals surface area contributed by atoms with Crippen LogP contribution in [0.5, 0.6) is 5.88 Å². The highest BCUT2D eigenvalue weighted by Gasteiger charge is 2.22. The topological polar surface area (TPSA) is 97.1 Å². The fourth-order valence-electron chi connectivity index (χ4n) is 2.58. The van der Waals surface area contributed by atoms with Crippen LogP contribution in [-0.2, 0) is 0 Å². The molecule has 1 aliphatic rings. The lowest BCUT2D eigenvalue weighted by Crippen LogP contribution is -2.39. The van der Waals surface area contributed by atoms with Gasteiger partial charge in [-0.1, -0.05) is 6.07 Å². The summed E-state index contributed by atoms with van der Waals surface area (Å²) in [7, 11) is 0. The zero-order chi connectivity index (χ0) is 15.5. The van der Waals surface area contributed by atoms with Gasteiger partial charge in [0.15, 0.2) is 0 Å². The van der Waals surface area contributed by atoms with E-state index in [0.29, 0.717) is 11.7 Å². The van der Waals surface area contributed by atoms with E-state index in [0.717, 1.165) is 31.5 Å². The molecule has 1 aliphatic heterocycles. The SMILES string of the molecule is Cc1cccnc1OC1CCN(c2cc(=O)[nH]c(N)n2)CC1. The lowest BCUT2D eigenvalue weighted by molar-refractivity contribution is 0.162. The summed E-state index contributed by atoms with van der Waals surface area (Å²) in [5, 5.41) is 0. The Morgan fingerprint density at radius 2 is 2.18 bits per heavy atom. The highest BCUT2D eigenvalue weighted by Crippen LogP contribution is 2.22. The Kier molecular flexibility index (Phi) is 3.95. The summed E-state index contributed by atoms with van der Waals surface area (Å²) in [5.74, 6) is 1.46. The molecule has 3 N–H and O–H groups in total. The van der Waals surface area contributed by atoms with Gasteiger partial charge in [0.05, 0.1) is 0 Å². The number of aromatic nitrogens is 3. The van der Waals surface area contributed by atoms with Crippen LogP contribution in [0.25, 0.3) is 0 Å². The number of nitrogens with one attached hydrogen (secondary N) is 1. The van der Waals surface area contributed by atoms with Crippen molar-refractivity contribution in [2.45, 2.75) is 25.9 Å². The predicted molar refractivity (Wildman–Crippen MR) is 84.1 cm³/mol. The van der Waals surface area contributed by atoms with Crippen molar-refractivity contribution in [3.63, 3.8) is 0 Å². The molecule has 1 fully saturated rings. The first kappa shape index (κ1) is 14.4. The van der Waals surface area contributed by atoms with Crippen molar-refractivity contribution >= 4 is 11.8 Å².